The van der Waals surface area contributed by atoms with Crippen LogP contribution in [0.25, 0.3) is 0 Å². The highest BCUT2D eigenvalue weighted by atomic mass is 32.2. The highest BCUT2D eigenvalue weighted by molar-refractivity contribution is 7.89. The van der Waals surface area contributed by atoms with E-state index in [4.69, 9.17) is 0 Å². The zero-order valence-electron chi connectivity index (χ0n) is 11.9. The van der Waals surface area contributed by atoms with Gasteiger partial charge in [0, 0.05) is 18.8 Å². The summed E-state index contributed by atoms with van der Waals surface area (Å²) < 4.78 is 26.1. The van der Waals surface area contributed by atoms with Gasteiger partial charge in [0.1, 0.15) is 0 Å². The zero-order valence-corrected chi connectivity index (χ0v) is 12.7. The van der Waals surface area contributed by atoms with Crippen molar-refractivity contribution in [1.82, 2.24) is 9.29 Å². The molecule has 110 valence electrons. The molecular formula is C15H16N2O3S. The van der Waals surface area contributed by atoms with E-state index in [1.165, 1.54) is 42.5 Å². The molecule has 0 saturated heterocycles. The third-order valence-electron chi connectivity index (χ3n) is 3.08. The van der Waals surface area contributed by atoms with E-state index in [1.54, 1.807) is 18.3 Å². The Morgan fingerprint density at radius 3 is 2.33 bits per heavy atom. The maximum Gasteiger partial charge on any atom is 0.243 e. The van der Waals surface area contributed by atoms with Gasteiger partial charge < -0.3 is 0 Å². The molecule has 0 radical (unpaired) electrons. The van der Waals surface area contributed by atoms with E-state index >= 15 is 0 Å². The Bertz CT molecular complexity index is 725. The lowest BCUT2D eigenvalue weighted by Gasteiger charge is -2.16. The molecule has 0 bridgehead atoms. The van der Waals surface area contributed by atoms with Gasteiger partial charge in [0.2, 0.25) is 10.0 Å². The van der Waals surface area contributed by atoms with Gasteiger partial charge in [-0.3, -0.25) is 9.78 Å². The van der Waals surface area contributed by atoms with Crippen LogP contribution in [0.1, 0.15) is 23.0 Å². The summed E-state index contributed by atoms with van der Waals surface area (Å²) >= 11 is 0. The number of carbonyl (C=O) groups excluding carboxylic acids is 1. The summed E-state index contributed by atoms with van der Waals surface area (Å²) in [7, 11) is -2.09. The number of sulfonamides is 1. The van der Waals surface area contributed by atoms with Crippen LogP contribution in [-0.4, -0.2) is 30.5 Å². The van der Waals surface area contributed by atoms with Crippen LogP contribution in [0.2, 0.25) is 0 Å². The SMILES string of the molecule is CC(=O)c1ccc(S(=O)(=O)N(C)Cc2ccccn2)cc1. The van der Waals surface area contributed by atoms with Gasteiger partial charge in [-0.25, -0.2) is 8.42 Å². The van der Waals surface area contributed by atoms with E-state index in [-0.39, 0.29) is 17.2 Å². The second kappa shape index (κ2) is 6.15. The molecule has 2 rings (SSSR count). The van der Waals surface area contributed by atoms with Gasteiger partial charge in [0.15, 0.2) is 5.78 Å². The zero-order chi connectivity index (χ0) is 15.5. The van der Waals surface area contributed by atoms with Gasteiger partial charge in [-0.1, -0.05) is 18.2 Å². The Morgan fingerprint density at radius 1 is 1.14 bits per heavy atom. The smallest absolute Gasteiger partial charge is 0.243 e. The number of aromatic nitrogens is 1. The first-order valence-electron chi connectivity index (χ1n) is 6.38. The summed E-state index contributed by atoms with van der Waals surface area (Å²) in [5, 5.41) is 0. The quantitative estimate of drug-likeness (QED) is 0.793. The van der Waals surface area contributed by atoms with Gasteiger partial charge in [-0.15, -0.1) is 0 Å². The molecule has 0 aliphatic carbocycles. The summed E-state index contributed by atoms with van der Waals surface area (Å²) in [5.74, 6) is -0.0965. The maximum atomic E-state index is 12.4. The second-order valence-electron chi connectivity index (χ2n) is 4.66. The number of hydrogen-bond donors (Lipinski definition) is 0. The molecule has 0 saturated carbocycles. The lowest BCUT2D eigenvalue weighted by Crippen LogP contribution is -2.26. The van der Waals surface area contributed by atoms with E-state index in [0.29, 0.717) is 11.3 Å². The first-order valence-corrected chi connectivity index (χ1v) is 7.82. The normalized spacial score (nSPS) is 11.6. The molecule has 0 fully saturated rings. The molecule has 0 aliphatic rings. The first-order chi connectivity index (χ1) is 9.91. The Morgan fingerprint density at radius 2 is 1.81 bits per heavy atom. The summed E-state index contributed by atoms with van der Waals surface area (Å²) in [6.45, 7) is 1.63. The number of Topliss-reactive ketones (excluding diaryl/α,β-unsaturated/α-hetero) is 1. The van der Waals surface area contributed by atoms with Crippen LogP contribution in [0.3, 0.4) is 0 Å². The number of nitrogens with zero attached hydrogens (tertiary/aromatic N) is 2. The number of rotatable bonds is 5. The van der Waals surface area contributed by atoms with Crippen LogP contribution in [-0.2, 0) is 16.6 Å². The lowest BCUT2D eigenvalue weighted by atomic mass is 10.2. The van der Waals surface area contributed by atoms with Crippen molar-refractivity contribution in [3.8, 4) is 0 Å². The van der Waals surface area contributed by atoms with Gasteiger partial charge in [0.25, 0.3) is 0 Å². The Kier molecular flexibility index (Phi) is 4.50. The average molecular weight is 304 g/mol. The van der Waals surface area contributed by atoms with Gasteiger partial charge in [-0.05, 0) is 31.2 Å². The monoisotopic (exact) mass is 304 g/mol. The Balaban J connectivity index is 2.22. The van der Waals surface area contributed by atoms with Crippen molar-refractivity contribution in [3.63, 3.8) is 0 Å². The molecule has 1 heterocycles. The molecule has 0 unspecified atom stereocenters. The molecule has 0 amide bonds. The molecule has 0 spiro atoms. The van der Waals surface area contributed by atoms with Crippen molar-refractivity contribution < 1.29 is 13.2 Å². The number of pyridine rings is 1. The van der Waals surface area contributed by atoms with Gasteiger partial charge in [-0.2, -0.15) is 4.31 Å². The lowest BCUT2D eigenvalue weighted by molar-refractivity contribution is 0.101. The van der Waals surface area contributed by atoms with Crippen molar-refractivity contribution in [2.24, 2.45) is 0 Å². The Labute approximate surface area is 124 Å². The van der Waals surface area contributed by atoms with Crippen molar-refractivity contribution in [3.05, 3.63) is 59.9 Å². The molecule has 2 aromatic rings. The van der Waals surface area contributed by atoms with Crippen molar-refractivity contribution in [1.29, 1.82) is 0 Å². The molecule has 6 heteroatoms. The van der Waals surface area contributed by atoms with Crippen LogP contribution in [0.4, 0.5) is 0 Å². The molecule has 0 atom stereocenters. The van der Waals surface area contributed by atoms with E-state index in [2.05, 4.69) is 4.98 Å². The van der Waals surface area contributed by atoms with E-state index in [0.717, 1.165) is 0 Å². The molecular weight excluding hydrogens is 288 g/mol. The number of carbonyl (C=O) groups is 1. The predicted octanol–water partition coefficient (Wildman–Crippen LogP) is 2.10. The standard InChI is InChI=1S/C15H16N2O3S/c1-12(18)13-6-8-15(9-7-13)21(19,20)17(2)11-14-5-3-4-10-16-14/h3-10H,11H2,1-2H3. The minimum absolute atomic E-state index is 0.0965. The van der Waals surface area contributed by atoms with Crippen molar-refractivity contribution in [2.45, 2.75) is 18.4 Å². The summed E-state index contributed by atoms with van der Waals surface area (Å²) in [5.41, 5.74) is 1.16. The first kappa shape index (κ1) is 15.3. The van der Waals surface area contributed by atoms with Crippen molar-refractivity contribution >= 4 is 15.8 Å². The van der Waals surface area contributed by atoms with Crippen LogP contribution >= 0.6 is 0 Å². The van der Waals surface area contributed by atoms with Crippen molar-refractivity contribution in [2.75, 3.05) is 7.05 Å². The minimum Gasteiger partial charge on any atom is -0.295 e. The third-order valence-corrected chi connectivity index (χ3v) is 4.90. The highest BCUT2D eigenvalue weighted by Gasteiger charge is 2.21. The third kappa shape index (κ3) is 3.53. The fourth-order valence-corrected chi connectivity index (χ4v) is 2.99. The van der Waals surface area contributed by atoms with Crippen LogP contribution in [0.5, 0.6) is 0 Å². The number of hydrogen-bond acceptors (Lipinski definition) is 4. The van der Waals surface area contributed by atoms with E-state index in [9.17, 15) is 13.2 Å². The number of ketones is 1. The average Bonchev–Trinajstić information content (AvgIpc) is 2.48. The van der Waals surface area contributed by atoms with Crippen LogP contribution < -0.4 is 0 Å². The molecule has 0 N–H and O–H groups in total. The molecule has 1 aromatic carbocycles. The van der Waals surface area contributed by atoms with Crippen LogP contribution in [0.15, 0.2) is 53.6 Å². The van der Waals surface area contributed by atoms with Crippen LogP contribution in [0, 0.1) is 0 Å². The summed E-state index contributed by atoms with van der Waals surface area (Å²) in [4.78, 5) is 15.5. The summed E-state index contributed by atoms with van der Waals surface area (Å²) in [6.07, 6.45) is 1.62. The van der Waals surface area contributed by atoms with Gasteiger partial charge >= 0.3 is 0 Å². The highest BCUT2D eigenvalue weighted by Crippen LogP contribution is 2.17. The fourth-order valence-electron chi connectivity index (χ4n) is 1.85. The predicted molar refractivity (Wildman–Crippen MR) is 79.3 cm³/mol. The fraction of sp³-hybridized carbons (Fsp3) is 0.200. The van der Waals surface area contributed by atoms with Gasteiger partial charge in [0.05, 0.1) is 17.1 Å². The Hall–Kier alpha value is -2.05. The number of benzene rings is 1. The molecule has 0 aliphatic heterocycles. The molecule has 5 nitrogen and oxygen atoms in total. The largest absolute Gasteiger partial charge is 0.295 e. The summed E-state index contributed by atoms with van der Waals surface area (Å²) in [6, 6.07) is 11.3. The second-order valence-corrected chi connectivity index (χ2v) is 6.71. The maximum absolute atomic E-state index is 12.4. The molecule has 21 heavy (non-hydrogen) atoms. The molecule has 1 aromatic heterocycles. The van der Waals surface area contributed by atoms with E-state index in [1.807, 2.05) is 6.07 Å². The van der Waals surface area contributed by atoms with E-state index < -0.39 is 10.0 Å². The topological polar surface area (TPSA) is 67.3 Å². The minimum atomic E-state index is -3.60.